The van der Waals surface area contributed by atoms with Crippen LogP contribution >= 0.6 is 0 Å². The third kappa shape index (κ3) is 3.41. The lowest BCUT2D eigenvalue weighted by Gasteiger charge is -2.25. The third-order valence-electron chi connectivity index (χ3n) is 2.58. The summed E-state index contributed by atoms with van der Waals surface area (Å²) in [5.41, 5.74) is 0. The predicted octanol–water partition coefficient (Wildman–Crippen LogP) is 1.12. The van der Waals surface area contributed by atoms with E-state index in [0.29, 0.717) is 6.04 Å². The second-order valence-electron chi connectivity index (χ2n) is 3.65. The summed E-state index contributed by atoms with van der Waals surface area (Å²) in [4.78, 5) is 8.42. The summed E-state index contributed by atoms with van der Waals surface area (Å²) >= 11 is 0. The van der Waals surface area contributed by atoms with Crippen LogP contribution in [-0.2, 0) is 0 Å². The molecule has 1 heterocycles. The first-order valence-corrected chi connectivity index (χ1v) is 5.85. The Hall–Kier alpha value is -1.23. The van der Waals surface area contributed by atoms with Crippen molar-refractivity contribution in [2.45, 2.75) is 32.7 Å². The second kappa shape index (κ2) is 7.11. The summed E-state index contributed by atoms with van der Waals surface area (Å²) in [5, 5.41) is 9.30. The number of nitrogens with zero attached hydrogens (tertiary/aromatic N) is 4. The first-order valence-electron chi connectivity index (χ1n) is 5.85. The largest absolute Gasteiger partial charge is 0.315 e. The van der Waals surface area contributed by atoms with Crippen LogP contribution in [0.2, 0.25) is 0 Å². The van der Waals surface area contributed by atoms with E-state index >= 15 is 0 Å². The molecule has 5 nitrogen and oxygen atoms in total. The standard InChI is InChI=1S/C11H21N5/c1-4-11(15-9-13-5-2)16(12-3)10-6-7-14-8-10/h9-10,14H,3-8H2,1-2H3/b13-9-,15-11+/t10-/m1/s1. The van der Waals surface area contributed by atoms with Crippen molar-refractivity contribution in [1.29, 1.82) is 0 Å². The Bertz CT molecular complexity index is 266. The maximum Gasteiger partial charge on any atom is 0.126 e. The zero-order valence-corrected chi connectivity index (χ0v) is 10.2. The molecule has 0 aromatic heterocycles. The number of hydrogen-bond donors (Lipinski definition) is 1. The predicted molar refractivity (Wildman–Crippen MR) is 69.4 cm³/mol. The highest BCUT2D eigenvalue weighted by molar-refractivity contribution is 5.88. The monoisotopic (exact) mass is 223 g/mol. The van der Waals surface area contributed by atoms with Crippen molar-refractivity contribution in [2.24, 2.45) is 15.1 Å². The van der Waals surface area contributed by atoms with Crippen LogP contribution < -0.4 is 5.32 Å². The molecule has 1 atom stereocenters. The summed E-state index contributed by atoms with van der Waals surface area (Å²) in [7, 11) is 0. The quantitative estimate of drug-likeness (QED) is 0.431. The van der Waals surface area contributed by atoms with Crippen molar-refractivity contribution < 1.29 is 0 Å². The van der Waals surface area contributed by atoms with Gasteiger partial charge < -0.3 is 5.32 Å². The fourth-order valence-electron chi connectivity index (χ4n) is 1.76. The van der Waals surface area contributed by atoms with E-state index in [4.69, 9.17) is 0 Å². The van der Waals surface area contributed by atoms with Crippen LogP contribution in [0.25, 0.3) is 0 Å². The van der Waals surface area contributed by atoms with Gasteiger partial charge in [0.1, 0.15) is 12.2 Å². The van der Waals surface area contributed by atoms with Gasteiger partial charge in [-0.05, 0) is 19.9 Å². The fourth-order valence-corrected chi connectivity index (χ4v) is 1.76. The highest BCUT2D eigenvalue weighted by Crippen LogP contribution is 2.11. The zero-order chi connectivity index (χ0) is 11.8. The summed E-state index contributed by atoms with van der Waals surface area (Å²) in [6, 6.07) is 0.381. The van der Waals surface area contributed by atoms with Gasteiger partial charge in [-0.1, -0.05) is 6.92 Å². The average Bonchev–Trinajstić information content (AvgIpc) is 2.82. The Balaban J connectivity index is 2.70. The molecule has 0 saturated carbocycles. The van der Waals surface area contributed by atoms with Gasteiger partial charge in [0.15, 0.2) is 0 Å². The number of aliphatic imine (C=N–C) groups is 2. The van der Waals surface area contributed by atoms with Crippen LogP contribution in [0.3, 0.4) is 0 Å². The molecule has 0 aliphatic carbocycles. The maximum absolute atomic E-state index is 4.34. The normalized spacial score (nSPS) is 21.6. The molecule has 0 unspecified atom stereocenters. The lowest BCUT2D eigenvalue weighted by atomic mass is 10.2. The van der Waals surface area contributed by atoms with Crippen molar-refractivity contribution >= 4 is 18.9 Å². The van der Waals surface area contributed by atoms with Crippen LogP contribution in [0, 0.1) is 0 Å². The maximum atomic E-state index is 4.34. The Morgan fingerprint density at radius 3 is 2.88 bits per heavy atom. The minimum atomic E-state index is 0.381. The SMILES string of the molecule is C=NN(/C(CC)=N/C=N\CC)[C@@H]1CCNC1. The molecule has 0 bridgehead atoms. The van der Waals surface area contributed by atoms with E-state index in [-0.39, 0.29) is 0 Å². The van der Waals surface area contributed by atoms with Crippen LogP contribution in [0.15, 0.2) is 15.1 Å². The van der Waals surface area contributed by atoms with E-state index in [1.807, 2.05) is 11.9 Å². The van der Waals surface area contributed by atoms with E-state index in [2.05, 4.69) is 34.0 Å². The Morgan fingerprint density at radius 2 is 2.38 bits per heavy atom. The Morgan fingerprint density at radius 1 is 1.56 bits per heavy atom. The van der Waals surface area contributed by atoms with Gasteiger partial charge in [0.25, 0.3) is 0 Å². The van der Waals surface area contributed by atoms with Gasteiger partial charge in [-0.25, -0.2) is 10.0 Å². The molecule has 1 fully saturated rings. The molecule has 0 amide bonds. The van der Waals surface area contributed by atoms with Gasteiger partial charge in [0, 0.05) is 26.2 Å². The highest BCUT2D eigenvalue weighted by Gasteiger charge is 2.23. The third-order valence-corrected chi connectivity index (χ3v) is 2.58. The molecule has 0 spiro atoms. The van der Waals surface area contributed by atoms with E-state index in [0.717, 1.165) is 38.3 Å². The second-order valence-corrected chi connectivity index (χ2v) is 3.65. The molecule has 0 aromatic rings. The first-order chi connectivity index (χ1) is 7.83. The van der Waals surface area contributed by atoms with Gasteiger partial charge in [0.05, 0.1) is 6.04 Å². The fraction of sp³-hybridized carbons (Fsp3) is 0.727. The summed E-state index contributed by atoms with van der Waals surface area (Å²) in [5.74, 6) is 0.931. The number of amidine groups is 1. The molecule has 16 heavy (non-hydrogen) atoms. The van der Waals surface area contributed by atoms with Gasteiger partial charge in [-0.2, -0.15) is 5.10 Å². The lowest BCUT2D eigenvalue weighted by Crippen LogP contribution is -2.37. The first kappa shape index (κ1) is 12.8. The van der Waals surface area contributed by atoms with Crippen molar-refractivity contribution in [3.63, 3.8) is 0 Å². The van der Waals surface area contributed by atoms with Crippen molar-refractivity contribution in [3.05, 3.63) is 0 Å². The van der Waals surface area contributed by atoms with Crippen molar-refractivity contribution in [1.82, 2.24) is 10.3 Å². The summed E-state index contributed by atoms with van der Waals surface area (Å²) < 4.78 is 0. The minimum absolute atomic E-state index is 0.381. The molecule has 1 saturated heterocycles. The number of hydrazone groups is 1. The van der Waals surface area contributed by atoms with Crippen LogP contribution in [0.4, 0.5) is 0 Å². The van der Waals surface area contributed by atoms with E-state index in [1.54, 1.807) is 6.34 Å². The number of nitrogens with one attached hydrogen (secondary N) is 1. The van der Waals surface area contributed by atoms with Gasteiger partial charge >= 0.3 is 0 Å². The van der Waals surface area contributed by atoms with E-state index < -0.39 is 0 Å². The smallest absolute Gasteiger partial charge is 0.126 e. The molecule has 1 rings (SSSR count). The lowest BCUT2D eigenvalue weighted by molar-refractivity contribution is 0.342. The summed E-state index contributed by atoms with van der Waals surface area (Å²) in [6.07, 6.45) is 3.54. The van der Waals surface area contributed by atoms with E-state index in [1.165, 1.54) is 0 Å². The zero-order valence-electron chi connectivity index (χ0n) is 10.2. The molecule has 0 aromatic carbocycles. The molecular weight excluding hydrogens is 202 g/mol. The van der Waals surface area contributed by atoms with Crippen LogP contribution in [-0.4, -0.2) is 49.6 Å². The topological polar surface area (TPSA) is 52.4 Å². The van der Waals surface area contributed by atoms with Crippen LogP contribution in [0.5, 0.6) is 0 Å². The summed E-state index contributed by atoms with van der Waals surface area (Å²) in [6.45, 7) is 10.4. The van der Waals surface area contributed by atoms with Crippen LogP contribution in [0.1, 0.15) is 26.7 Å². The Labute approximate surface area is 97.3 Å². The molecule has 1 N–H and O–H groups in total. The highest BCUT2D eigenvalue weighted by atomic mass is 15.5. The van der Waals surface area contributed by atoms with Crippen molar-refractivity contribution in [2.75, 3.05) is 19.6 Å². The number of rotatable bonds is 5. The molecule has 0 radical (unpaired) electrons. The molecular formula is C11H21N5. The number of hydrogen-bond acceptors (Lipinski definition) is 3. The molecule has 5 heteroatoms. The molecule has 90 valence electrons. The average molecular weight is 223 g/mol. The van der Waals surface area contributed by atoms with Gasteiger partial charge in [-0.15, -0.1) is 0 Å². The van der Waals surface area contributed by atoms with Gasteiger partial charge in [0.2, 0.25) is 0 Å². The van der Waals surface area contributed by atoms with Gasteiger partial charge in [-0.3, -0.25) is 4.99 Å². The molecule has 1 aliphatic heterocycles. The van der Waals surface area contributed by atoms with E-state index in [9.17, 15) is 0 Å². The molecule has 1 aliphatic rings. The van der Waals surface area contributed by atoms with Crippen molar-refractivity contribution in [3.8, 4) is 0 Å². The Kier molecular flexibility index (Phi) is 5.71. The minimum Gasteiger partial charge on any atom is -0.315 e.